The maximum atomic E-state index is 8.55. The van der Waals surface area contributed by atoms with E-state index in [9.17, 15) is 0 Å². The smallest absolute Gasteiger partial charge is 0.224 e. The predicted molar refractivity (Wildman–Crippen MR) is 137 cm³/mol. The Morgan fingerprint density at radius 3 is 2.55 bits per heavy atom. The maximum absolute atomic E-state index is 8.55. The van der Waals surface area contributed by atoms with Crippen LogP contribution in [0.4, 0.5) is 0 Å². The molecule has 0 aliphatic heterocycles. The zero-order chi connectivity index (χ0) is 26.3. The minimum absolute atomic E-state index is 0.463. The lowest BCUT2D eigenvalue weighted by molar-refractivity contribution is -0.659. The Morgan fingerprint density at radius 2 is 1.73 bits per heavy atom. The van der Waals surface area contributed by atoms with Gasteiger partial charge in [-0.1, -0.05) is 56.2 Å². The van der Waals surface area contributed by atoms with Gasteiger partial charge in [0, 0.05) is 33.4 Å². The van der Waals surface area contributed by atoms with Gasteiger partial charge >= 0.3 is 0 Å². The summed E-state index contributed by atoms with van der Waals surface area (Å²) in [6.45, 7) is 3.11. The van der Waals surface area contributed by atoms with Gasteiger partial charge in [-0.3, -0.25) is 0 Å². The molecule has 0 radical (unpaired) electrons. The van der Waals surface area contributed by atoms with Gasteiger partial charge in [-0.2, -0.15) is 0 Å². The van der Waals surface area contributed by atoms with Crippen LogP contribution in [-0.4, -0.2) is 4.98 Å². The van der Waals surface area contributed by atoms with E-state index in [1.165, 1.54) is 6.92 Å². The Balaban J connectivity index is 1.69. The van der Waals surface area contributed by atoms with Gasteiger partial charge in [0.2, 0.25) is 5.69 Å². The van der Waals surface area contributed by atoms with Crippen LogP contribution < -0.4 is 4.57 Å². The van der Waals surface area contributed by atoms with E-state index in [4.69, 9.17) is 14.9 Å². The fourth-order valence-electron chi connectivity index (χ4n) is 4.98. The summed E-state index contributed by atoms with van der Waals surface area (Å²) in [5.41, 5.74) is 6.82. The standard InChI is InChI=1S/C30H27N2O/c1-17(2)20-11-13-23-21(16-20)14-15-32(5)28(23)26-18(3)10-12-25-27-30(33-29(25)26)24-9-7-6-8-22(24)19(4)31-27/h6-17H,1-5H3/q+1/i1D3,17D. The first-order valence-electron chi connectivity index (χ1n) is 13.1. The van der Waals surface area contributed by atoms with Crippen molar-refractivity contribution < 1.29 is 14.5 Å². The summed E-state index contributed by atoms with van der Waals surface area (Å²) in [5, 5.41) is 4.90. The van der Waals surface area contributed by atoms with Gasteiger partial charge in [0.1, 0.15) is 12.6 Å². The zero-order valence-corrected chi connectivity index (χ0v) is 19.2. The highest BCUT2D eigenvalue weighted by molar-refractivity contribution is 6.16. The Hall–Kier alpha value is -3.72. The van der Waals surface area contributed by atoms with E-state index in [0.717, 1.165) is 66.1 Å². The number of benzene rings is 3. The number of aromatic nitrogens is 2. The lowest BCUT2D eigenvalue weighted by atomic mass is 9.94. The van der Waals surface area contributed by atoms with E-state index in [1.807, 2.05) is 50.5 Å². The third-order valence-electron chi connectivity index (χ3n) is 6.69. The summed E-state index contributed by atoms with van der Waals surface area (Å²) in [6.07, 6.45) is 1.97. The van der Waals surface area contributed by atoms with Crippen molar-refractivity contribution in [2.45, 2.75) is 33.5 Å². The van der Waals surface area contributed by atoms with Gasteiger partial charge in [-0.05, 0) is 48.4 Å². The Bertz CT molecular complexity index is 1880. The average Bonchev–Trinajstić information content (AvgIpc) is 3.22. The molecule has 0 saturated carbocycles. The van der Waals surface area contributed by atoms with Gasteiger partial charge in [-0.25, -0.2) is 9.55 Å². The summed E-state index contributed by atoms with van der Waals surface area (Å²) in [5.74, 6) is -1.71. The summed E-state index contributed by atoms with van der Waals surface area (Å²) >= 11 is 0. The number of fused-ring (bicyclic) bond motifs is 6. The first-order chi connectivity index (χ1) is 17.5. The van der Waals surface area contributed by atoms with Crippen molar-refractivity contribution in [1.29, 1.82) is 0 Å². The normalized spacial score (nSPS) is 16.0. The average molecular weight is 436 g/mol. The van der Waals surface area contributed by atoms with Crippen LogP contribution in [0.25, 0.3) is 54.9 Å². The van der Waals surface area contributed by atoms with E-state index in [0.29, 0.717) is 5.56 Å². The van der Waals surface area contributed by atoms with Crippen LogP contribution in [0.3, 0.4) is 0 Å². The van der Waals surface area contributed by atoms with Gasteiger partial charge in [0.05, 0.1) is 10.9 Å². The highest BCUT2D eigenvalue weighted by atomic mass is 16.3. The van der Waals surface area contributed by atoms with Crippen molar-refractivity contribution in [1.82, 2.24) is 4.98 Å². The summed E-state index contributed by atoms with van der Waals surface area (Å²) in [7, 11) is 2.00. The molecule has 33 heavy (non-hydrogen) atoms. The molecular weight excluding hydrogens is 404 g/mol. The van der Waals surface area contributed by atoms with Crippen molar-refractivity contribution in [3.63, 3.8) is 0 Å². The molecule has 162 valence electrons. The number of aryl methyl sites for hydroxylation is 3. The van der Waals surface area contributed by atoms with Gasteiger partial charge in [0.15, 0.2) is 17.4 Å². The molecule has 3 heterocycles. The number of hydrogen-bond donors (Lipinski definition) is 0. The molecular formula is C30H27N2O+. The second kappa shape index (κ2) is 7.14. The van der Waals surface area contributed by atoms with Gasteiger partial charge in [0.25, 0.3) is 0 Å². The minimum Gasteiger partial charge on any atom is -0.453 e. The van der Waals surface area contributed by atoms with Crippen LogP contribution in [0, 0.1) is 13.8 Å². The predicted octanol–water partition coefficient (Wildman–Crippen LogP) is 7.52. The minimum atomic E-state index is -2.44. The Kier molecular flexibility index (Phi) is 3.46. The van der Waals surface area contributed by atoms with Crippen molar-refractivity contribution in [3.8, 4) is 11.3 Å². The first kappa shape index (κ1) is 16.0. The van der Waals surface area contributed by atoms with Crippen LogP contribution >= 0.6 is 0 Å². The Morgan fingerprint density at radius 1 is 0.939 bits per heavy atom. The highest BCUT2D eigenvalue weighted by Crippen LogP contribution is 2.40. The van der Waals surface area contributed by atoms with E-state index >= 15 is 0 Å². The van der Waals surface area contributed by atoms with Crippen LogP contribution in [0.1, 0.15) is 42.0 Å². The molecule has 3 nitrogen and oxygen atoms in total. The SMILES string of the molecule is [2H]C([2H])([2H])C([2H])(C)c1ccc2c(-c3c(C)ccc4c3oc3c5ccccc5c(C)nc43)[n+](C)ccc2c1. The van der Waals surface area contributed by atoms with Crippen molar-refractivity contribution in [2.24, 2.45) is 7.05 Å². The summed E-state index contributed by atoms with van der Waals surface area (Å²) < 4.78 is 40.8. The molecule has 0 bridgehead atoms. The second-order valence-corrected chi connectivity index (χ2v) is 8.86. The van der Waals surface area contributed by atoms with E-state index in [1.54, 1.807) is 6.07 Å². The van der Waals surface area contributed by atoms with Crippen LogP contribution in [0.15, 0.2) is 71.3 Å². The number of hydrogen-bond acceptors (Lipinski definition) is 2. The highest BCUT2D eigenvalue weighted by Gasteiger charge is 2.24. The Labute approximate surface area is 198 Å². The summed E-state index contributed by atoms with van der Waals surface area (Å²) in [6, 6.07) is 19.8. The molecule has 0 spiro atoms. The third-order valence-corrected chi connectivity index (χ3v) is 6.69. The molecule has 0 saturated heterocycles. The van der Waals surface area contributed by atoms with Crippen LogP contribution in [0.5, 0.6) is 0 Å². The molecule has 0 aliphatic carbocycles. The van der Waals surface area contributed by atoms with Crippen molar-refractivity contribution >= 4 is 43.6 Å². The molecule has 6 rings (SSSR count). The molecule has 6 aromatic rings. The third kappa shape index (κ3) is 2.88. The molecule has 3 aromatic heterocycles. The molecule has 3 heteroatoms. The van der Waals surface area contributed by atoms with E-state index in [2.05, 4.69) is 35.8 Å². The quantitative estimate of drug-likeness (QED) is 0.263. The second-order valence-electron chi connectivity index (χ2n) is 8.86. The number of rotatable bonds is 2. The van der Waals surface area contributed by atoms with Crippen molar-refractivity contribution in [3.05, 3.63) is 83.7 Å². The van der Waals surface area contributed by atoms with Crippen LogP contribution in [0.2, 0.25) is 0 Å². The van der Waals surface area contributed by atoms with E-state index in [-0.39, 0.29) is 0 Å². The van der Waals surface area contributed by atoms with Gasteiger partial charge < -0.3 is 4.42 Å². The van der Waals surface area contributed by atoms with Crippen molar-refractivity contribution in [2.75, 3.05) is 0 Å². The number of pyridine rings is 2. The summed E-state index contributed by atoms with van der Waals surface area (Å²) in [4.78, 5) is 4.93. The zero-order valence-electron chi connectivity index (χ0n) is 23.2. The van der Waals surface area contributed by atoms with E-state index < -0.39 is 12.7 Å². The largest absolute Gasteiger partial charge is 0.453 e. The molecule has 3 aromatic carbocycles. The lowest BCUT2D eigenvalue weighted by Gasteiger charge is -2.11. The van der Waals surface area contributed by atoms with Gasteiger partial charge in [-0.15, -0.1) is 0 Å². The maximum Gasteiger partial charge on any atom is 0.224 e. The topological polar surface area (TPSA) is 29.9 Å². The molecule has 0 amide bonds. The fraction of sp³-hybridized carbons (Fsp3) is 0.200. The number of nitrogens with zero attached hydrogens (tertiary/aromatic N) is 2. The molecule has 1 unspecified atom stereocenters. The fourth-order valence-corrected chi connectivity index (χ4v) is 4.98. The molecule has 0 N–H and O–H groups in total. The van der Waals surface area contributed by atoms with Crippen LogP contribution in [-0.2, 0) is 7.05 Å². The first-order valence-corrected chi connectivity index (χ1v) is 11.1. The molecule has 0 fully saturated rings. The number of furan rings is 1. The lowest BCUT2D eigenvalue weighted by Crippen LogP contribution is -2.30. The molecule has 1 atom stereocenters. The molecule has 0 aliphatic rings. The monoisotopic (exact) mass is 435 g/mol.